The quantitative estimate of drug-likeness (QED) is 0.539. The average molecular weight is 463 g/mol. The van der Waals surface area contributed by atoms with Crippen molar-refractivity contribution in [3.63, 3.8) is 0 Å². The van der Waals surface area contributed by atoms with Crippen molar-refractivity contribution in [1.82, 2.24) is 15.0 Å². The molecule has 2 fully saturated rings. The topological polar surface area (TPSA) is 75.3 Å². The fraction of sp³-hybridized carbons (Fsp3) is 0.609. The lowest BCUT2D eigenvalue weighted by Crippen LogP contribution is -2.43. The third-order valence-electron chi connectivity index (χ3n) is 6.26. The molecule has 0 bridgehead atoms. The van der Waals surface area contributed by atoms with E-state index in [2.05, 4.69) is 15.4 Å². The highest BCUT2D eigenvalue weighted by Gasteiger charge is 2.20. The molecule has 1 aliphatic heterocycles. The van der Waals surface area contributed by atoms with Crippen molar-refractivity contribution in [1.29, 1.82) is 0 Å². The molecule has 1 saturated carbocycles. The second-order valence-corrected chi connectivity index (χ2v) is 10.8. The van der Waals surface area contributed by atoms with Gasteiger partial charge in [-0.05, 0) is 68.8 Å². The molecule has 0 spiro atoms. The Morgan fingerprint density at radius 3 is 2.81 bits per heavy atom. The summed E-state index contributed by atoms with van der Waals surface area (Å²) in [6, 6.07) is 6.15. The minimum Gasteiger partial charge on any atom is -0.495 e. The van der Waals surface area contributed by atoms with E-state index in [9.17, 15) is 4.21 Å². The summed E-state index contributed by atoms with van der Waals surface area (Å²) in [6.45, 7) is 4.93. The first kappa shape index (κ1) is 22.7. The molecule has 2 atom stereocenters. The Balaban J connectivity index is 1.49. The van der Waals surface area contributed by atoms with Crippen LogP contribution in [0.3, 0.4) is 0 Å². The summed E-state index contributed by atoms with van der Waals surface area (Å²) in [4.78, 5) is 6.57. The number of methoxy groups -OCH3 is 1. The van der Waals surface area contributed by atoms with Gasteiger partial charge in [-0.3, -0.25) is 0 Å². The van der Waals surface area contributed by atoms with E-state index in [1.165, 1.54) is 32.1 Å². The lowest BCUT2D eigenvalue weighted by molar-refractivity contribution is 0.373. The van der Waals surface area contributed by atoms with Gasteiger partial charge in [-0.2, -0.15) is 0 Å². The first-order valence-corrected chi connectivity index (χ1v) is 13.4. The molecule has 8 heteroatoms. The lowest BCUT2D eigenvalue weighted by atomic mass is 9.89. The third-order valence-corrected chi connectivity index (χ3v) is 8.69. The molecule has 2 aliphatic rings. The maximum absolute atomic E-state index is 13.1. The number of hydrogen-bond acceptors (Lipinski definition) is 6. The van der Waals surface area contributed by atoms with Gasteiger partial charge in [-0.25, -0.2) is 13.9 Å². The predicted octanol–water partition coefficient (Wildman–Crippen LogP) is 4.48. The fourth-order valence-corrected chi connectivity index (χ4v) is 6.66. The SMILES string of the molecule is COc1ccc(-c2sc(NCC3CCCCC3)nc2C)cc1S(=O)NC1CCCNC1. The Bertz CT molecular complexity index is 890. The smallest absolute Gasteiger partial charge is 0.183 e. The molecule has 31 heavy (non-hydrogen) atoms. The van der Waals surface area contributed by atoms with E-state index in [0.29, 0.717) is 10.6 Å². The van der Waals surface area contributed by atoms with E-state index in [1.54, 1.807) is 18.4 Å². The van der Waals surface area contributed by atoms with Gasteiger partial charge >= 0.3 is 0 Å². The normalized spacial score (nSPS) is 21.0. The zero-order chi connectivity index (χ0) is 21.6. The molecule has 2 unspecified atom stereocenters. The van der Waals surface area contributed by atoms with Crippen LogP contribution in [0.25, 0.3) is 10.4 Å². The Morgan fingerprint density at radius 2 is 2.06 bits per heavy atom. The zero-order valence-corrected chi connectivity index (χ0v) is 20.2. The van der Waals surface area contributed by atoms with E-state index in [4.69, 9.17) is 9.72 Å². The Hall–Kier alpha value is -1.48. The fourth-order valence-electron chi connectivity index (χ4n) is 4.49. The van der Waals surface area contributed by atoms with Crippen molar-refractivity contribution >= 4 is 27.5 Å². The molecule has 1 aliphatic carbocycles. The van der Waals surface area contributed by atoms with Crippen LogP contribution < -0.4 is 20.1 Å². The number of nitrogens with one attached hydrogen (secondary N) is 3. The number of benzene rings is 1. The van der Waals surface area contributed by atoms with Crippen LogP contribution in [0.15, 0.2) is 23.1 Å². The van der Waals surface area contributed by atoms with Gasteiger partial charge in [0.25, 0.3) is 0 Å². The van der Waals surface area contributed by atoms with Crippen molar-refractivity contribution in [2.75, 3.05) is 32.1 Å². The van der Waals surface area contributed by atoms with E-state index >= 15 is 0 Å². The molecule has 0 amide bonds. The predicted molar refractivity (Wildman–Crippen MR) is 129 cm³/mol. The molecule has 6 nitrogen and oxygen atoms in total. The van der Waals surface area contributed by atoms with Gasteiger partial charge in [0.05, 0.1) is 22.6 Å². The van der Waals surface area contributed by atoms with Gasteiger partial charge in [-0.1, -0.05) is 30.6 Å². The van der Waals surface area contributed by atoms with Crippen molar-refractivity contribution in [2.45, 2.75) is 62.8 Å². The summed E-state index contributed by atoms with van der Waals surface area (Å²) in [5, 5.41) is 7.90. The highest BCUT2D eigenvalue weighted by atomic mass is 32.2. The van der Waals surface area contributed by atoms with E-state index in [1.807, 2.05) is 25.1 Å². The number of thiazole rings is 1. The van der Waals surface area contributed by atoms with Crippen LogP contribution in [-0.2, 0) is 11.0 Å². The maximum atomic E-state index is 13.1. The summed E-state index contributed by atoms with van der Waals surface area (Å²) in [5.74, 6) is 1.41. The molecule has 1 aromatic heterocycles. The van der Waals surface area contributed by atoms with Gasteiger partial charge < -0.3 is 15.4 Å². The summed E-state index contributed by atoms with van der Waals surface area (Å²) < 4.78 is 21.9. The van der Waals surface area contributed by atoms with Crippen LogP contribution in [0.4, 0.5) is 5.13 Å². The number of rotatable bonds is 8. The number of piperidine rings is 1. The molecule has 0 radical (unpaired) electrons. The van der Waals surface area contributed by atoms with E-state index < -0.39 is 11.0 Å². The second-order valence-electron chi connectivity index (χ2n) is 8.61. The van der Waals surface area contributed by atoms with Gasteiger partial charge in [-0.15, -0.1) is 0 Å². The van der Waals surface area contributed by atoms with Crippen LogP contribution in [0, 0.1) is 12.8 Å². The second kappa shape index (κ2) is 10.9. The van der Waals surface area contributed by atoms with Gasteiger partial charge in [0, 0.05) is 19.1 Å². The maximum Gasteiger partial charge on any atom is 0.183 e. The van der Waals surface area contributed by atoms with E-state index in [0.717, 1.165) is 59.7 Å². The zero-order valence-electron chi connectivity index (χ0n) is 18.5. The number of aryl methyl sites for hydroxylation is 1. The van der Waals surface area contributed by atoms with Crippen LogP contribution in [0.1, 0.15) is 50.6 Å². The molecule has 170 valence electrons. The molecular formula is C23H34N4O2S2. The minimum absolute atomic E-state index is 0.212. The first-order valence-electron chi connectivity index (χ1n) is 11.4. The monoisotopic (exact) mass is 462 g/mol. The van der Waals surface area contributed by atoms with Crippen molar-refractivity contribution in [3.05, 3.63) is 23.9 Å². The molecule has 1 saturated heterocycles. The largest absolute Gasteiger partial charge is 0.495 e. The molecule has 4 rings (SSSR count). The van der Waals surface area contributed by atoms with Gasteiger partial charge in [0.2, 0.25) is 0 Å². The van der Waals surface area contributed by atoms with Crippen LogP contribution in [-0.4, -0.2) is 42.0 Å². The number of hydrogen-bond donors (Lipinski definition) is 3. The third kappa shape index (κ3) is 5.86. The molecule has 1 aromatic carbocycles. The van der Waals surface area contributed by atoms with Crippen molar-refractivity contribution in [3.8, 4) is 16.2 Å². The van der Waals surface area contributed by atoms with Crippen molar-refractivity contribution < 1.29 is 8.95 Å². The number of ether oxygens (including phenoxy) is 1. The summed E-state index contributed by atoms with van der Waals surface area (Å²) >= 11 is 1.68. The molecule has 2 heterocycles. The van der Waals surface area contributed by atoms with Crippen molar-refractivity contribution in [2.24, 2.45) is 5.92 Å². The highest BCUT2D eigenvalue weighted by Crippen LogP contribution is 2.36. The Morgan fingerprint density at radius 1 is 1.23 bits per heavy atom. The molecule has 3 N–H and O–H groups in total. The highest BCUT2D eigenvalue weighted by molar-refractivity contribution is 7.83. The summed E-state index contributed by atoms with van der Waals surface area (Å²) in [5.41, 5.74) is 2.04. The van der Waals surface area contributed by atoms with Crippen LogP contribution in [0.5, 0.6) is 5.75 Å². The minimum atomic E-state index is -1.33. The first-order chi connectivity index (χ1) is 15.1. The number of nitrogens with zero attached hydrogens (tertiary/aromatic N) is 1. The lowest BCUT2D eigenvalue weighted by Gasteiger charge is -2.23. The average Bonchev–Trinajstić information content (AvgIpc) is 3.19. The van der Waals surface area contributed by atoms with E-state index in [-0.39, 0.29) is 6.04 Å². The standard InChI is InChI=1S/C23H34N4O2S2/c1-16-22(30-23(26-16)25-14-17-7-4-3-5-8-17)18-10-11-20(29-2)21(13-18)31(28)27-19-9-6-12-24-15-19/h10-11,13,17,19,24,27H,3-9,12,14-15H2,1-2H3,(H,25,26). The molecule has 2 aromatic rings. The number of anilines is 1. The van der Waals surface area contributed by atoms with Crippen LogP contribution in [0.2, 0.25) is 0 Å². The Kier molecular flexibility index (Phi) is 7.98. The summed E-state index contributed by atoms with van der Waals surface area (Å²) in [6.07, 6.45) is 8.86. The van der Waals surface area contributed by atoms with Gasteiger partial charge in [0.15, 0.2) is 5.13 Å². The Labute approximate surface area is 192 Å². The number of aromatic nitrogens is 1. The van der Waals surface area contributed by atoms with Crippen LogP contribution >= 0.6 is 11.3 Å². The van der Waals surface area contributed by atoms with Gasteiger partial charge in [0.1, 0.15) is 16.7 Å². The molecular weight excluding hydrogens is 428 g/mol. The summed E-state index contributed by atoms with van der Waals surface area (Å²) in [7, 11) is 0.299.